The highest BCUT2D eigenvalue weighted by Gasteiger charge is 2.18. The zero-order valence-corrected chi connectivity index (χ0v) is 19.4. The number of nitrogens with one attached hydrogen (secondary N) is 2. The van der Waals surface area contributed by atoms with Crippen LogP contribution in [0.15, 0.2) is 47.5 Å². The Balaban J connectivity index is 1.63. The second kappa shape index (κ2) is 12.2. The van der Waals surface area contributed by atoms with Crippen molar-refractivity contribution in [2.75, 3.05) is 50.2 Å². The minimum absolute atomic E-state index is 0.302. The number of ether oxygens (including phenoxy) is 2. The first-order valence-electron chi connectivity index (χ1n) is 11.5. The third-order valence-corrected chi connectivity index (χ3v) is 5.66. The molecule has 1 fully saturated rings. The maximum atomic E-state index is 9.33. The van der Waals surface area contributed by atoms with Crippen LogP contribution in [0.4, 0.5) is 11.4 Å². The lowest BCUT2D eigenvalue weighted by molar-refractivity contribution is 0.203. The van der Waals surface area contributed by atoms with Gasteiger partial charge >= 0.3 is 0 Å². The zero-order chi connectivity index (χ0) is 22.8. The number of aliphatic hydroxyl groups excluding tert-OH is 1. The van der Waals surface area contributed by atoms with E-state index < -0.39 is 0 Å². The highest BCUT2D eigenvalue weighted by Crippen LogP contribution is 2.30. The van der Waals surface area contributed by atoms with Crippen molar-refractivity contribution in [2.45, 2.75) is 33.2 Å². The minimum atomic E-state index is 0.302. The van der Waals surface area contributed by atoms with E-state index in [-0.39, 0.29) is 0 Å². The van der Waals surface area contributed by atoms with E-state index in [2.05, 4.69) is 39.8 Å². The standard InChI is InChI=1S/C25H36N4O3/c1-4-26-25(28-21-8-11-23(31-3)24(16-21)32-5-2)27-17-19-6-9-22(10-7-19)29-14-12-20(18-30)13-15-29/h6-11,16,20,30H,4-5,12-15,17-18H2,1-3H3,(H2,26,27,28). The van der Waals surface area contributed by atoms with Crippen molar-refractivity contribution in [1.29, 1.82) is 0 Å². The number of benzene rings is 2. The number of aliphatic imine (C=N–C) groups is 1. The molecule has 2 aromatic rings. The molecule has 0 amide bonds. The Hall–Kier alpha value is -2.93. The van der Waals surface area contributed by atoms with Crippen molar-refractivity contribution in [3.05, 3.63) is 48.0 Å². The molecule has 0 spiro atoms. The smallest absolute Gasteiger partial charge is 0.196 e. The van der Waals surface area contributed by atoms with Gasteiger partial charge in [-0.2, -0.15) is 0 Å². The van der Waals surface area contributed by atoms with Crippen molar-refractivity contribution < 1.29 is 14.6 Å². The first kappa shape index (κ1) is 23.7. The van der Waals surface area contributed by atoms with Gasteiger partial charge in [0.25, 0.3) is 0 Å². The van der Waals surface area contributed by atoms with Crippen LogP contribution >= 0.6 is 0 Å². The molecule has 174 valence electrons. The summed E-state index contributed by atoms with van der Waals surface area (Å²) in [5.74, 6) is 2.58. The molecule has 0 atom stereocenters. The fourth-order valence-electron chi connectivity index (χ4n) is 3.82. The molecule has 7 nitrogen and oxygen atoms in total. The van der Waals surface area contributed by atoms with Gasteiger partial charge < -0.3 is 30.1 Å². The van der Waals surface area contributed by atoms with Crippen LogP contribution < -0.4 is 25.0 Å². The van der Waals surface area contributed by atoms with E-state index in [0.717, 1.165) is 49.7 Å². The van der Waals surface area contributed by atoms with E-state index in [4.69, 9.17) is 14.5 Å². The Morgan fingerprint density at radius 3 is 2.47 bits per heavy atom. The number of hydrogen-bond donors (Lipinski definition) is 3. The van der Waals surface area contributed by atoms with E-state index in [1.807, 2.05) is 32.0 Å². The van der Waals surface area contributed by atoms with Crippen LogP contribution in [0.5, 0.6) is 11.5 Å². The third-order valence-electron chi connectivity index (χ3n) is 5.66. The minimum Gasteiger partial charge on any atom is -0.493 e. The van der Waals surface area contributed by atoms with Crippen LogP contribution in [0, 0.1) is 5.92 Å². The average Bonchev–Trinajstić information content (AvgIpc) is 2.83. The van der Waals surface area contributed by atoms with Gasteiger partial charge in [0, 0.05) is 43.7 Å². The predicted molar refractivity (Wildman–Crippen MR) is 131 cm³/mol. The summed E-state index contributed by atoms with van der Waals surface area (Å²) in [6.07, 6.45) is 2.10. The molecule has 0 bridgehead atoms. The number of methoxy groups -OCH3 is 1. The fraction of sp³-hybridized carbons (Fsp3) is 0.480. The Morgan fingerprint density at radius 2 is 1.84 bits per heavy atom. The van der Waals surface area contributed by atoms with Crippen LogP contribution in [-0.4, -0.2) is 51.0 Å². The monoisotopic (exact) mass is 440 g/mol. The summed E-state index contributed by atoms with van der Waals surface area (Å²) in [5.41, 5.74) is 3.28. The molecule has 0 aliphatic carbocycles. The van der Waals surface area contributed by atoms with Gasteiger partial charge in [-0.1, -0.05) is 12.1 Å². The molecular weight excluding hydrogens is 404 g/mol. The average molecular weight is 441 g/mol. The topological polar surface area (TPSA) is 78.4 Å². The Morgan fingerprint density at radius 1 is 1.09 bits per heavy atom. The number of anilines is 2. The van der Waals surface area contributed by atoms with Crippen LogP contribution in [0.3, 0.4) is 0 Å². The highest BCUT2D eigenvalue weighted by molar-refractivity contribution is 5.93. The summed E-state index contributed by atoms with van der Waals surface area (Å²) in [6.45, 7) is 8.23. The molecule has 2 aromatic carbocycles. The number of piperidine rings is 1. The fourth-order valence-corrected chi connectivity index (χ4v) is 3.82. The Labute approximate surface area is 191 Å². The van der Waals surface area contributed by atoms with E-state index in [0.29, 0.717) is 37.2 Å². The van der Waals surface area contributed by atoms with Crippen LogP contribution in [0.2, 0.25) is 0 Å². The molecule has 0 radical (unpaired) electrons. The van der Waals surface area contributed by atoms with Crippen LogP contribution in [0.1, 0.15) is 32.3 Å². The molecule has 1 heterocycles. The molecule has 1 aliphatic rings. The first-order valence-corrected chi connectivity index (χ1v) is 11.5. The largest absolute Gasteiger partial charge is 0.493 e. The Bertz CT molecular complexity index is 862. The van der Waals surface area contributed by atoms with Gasteiger partial charge in [0.05, 0.1) is 20.3 Å². The summed E-state index contributed by atoms with van der Waals surface area (Å²) in [5, 5.41) is 16.0. The molecule has 32 heavy (non-hydrogen) atoms. The van der Waals surface area contributed by atoms with E-state index in [9.17, 15) is 5.11 Å². The lowest BCUT2D eigenvalue weighted by Gasteiger charge is -2.32. The molecule has 3 N–H and O–H groups in total. The van der Waals surface area contributed by atoms with E-state index in [1.165, 1.54) is 5.69 Å². The van der Waals surface area contributed by atoms with Crippen molar-refractivity contribution in [1.82, 2.24) is 5.32 Å². The second-order valence-electron chi connectivity index (χ2n) is 7.90. The quantitative estimate of drug-likeness (QED) is 0.406. The number of hydrogen-bond acceptors (Lipinski definition) is 5. The normalized spacial score (nSPS) is 14.9. The van der Waals surface area contributed by atoms with Crippen LogP contribution in [-0.2, 0) is 6.54 Å². The number of aliphatic hydroxyl groups is 1. The summed E-state index contributed by atoms with van der Waals surface area (Å²) in [4.78, 5) is 7.13. The number of rotatable bonds is 9. The molecular formula is C25H36N4O3. The van der Waals surface area contributed by atoms with E-state index in [1.54, 1.807) is 7.11 Å². The zero-order valence-electron chi connectivity index (χ0n) is 19.4. The summed E-state index contributed by atoms with van der Waals surface area (Å²) < 4.78 is 11.0. The first-order chi connectivity index (χ1) is 15.7. The molecule has 7 heteroatoms. The van der Waals surface area contributed by atoms with Crippen molar-refractivity contribution >= 4 is 17.3 Å². The van der Waals surface area contributed by atoms with Crippen molar-refractivity contribution in [2.24, 2.45) is 10.9 Å². The van der Waals surface area contributed by atoms with Gasteiger partial charge in [0.15, 0.2) is 17.5 Å². The van der Waals surface area contributed by atoms with Crippen molar-refractivity contribution in [3.8, 4) is 11.5 Å². The van der Waals surface area contributed by atoms with Gasteiger partial charge in [-0.15, -0.1) is 0 Å². The molecule has 0 unspecified atom stereocenters. The van der Waals surface area contributed by atoms with Crippen LogP contribution in [0.25, 0.3) is 0 Å². The number of nitrogens with zero attached hydrogens (tertiary/aromatic N) is 2. The molecule has 3 rings (SSSR count). The third kappa shape index (κ3) is 6.53. The predicted octanol–water partition coefficient (Wildman–Crippen LogP) is 3.88. The van der Waals surface area contributed by atoms with E-state index >= 15 is 0 Å². The summed E-state index contributed by atoms with van der Waals surface area (Å²) >= 11 is 0. The number of guanidine groups is 1. The SMILES string of the molecule is CCNC(=NCc1ccc(N2CCC(CO)CC2)cc1)Nc1ccc(OC)c(OCC)c1. The molecule has 0 saturated carbocycles. The lowest BCUT2D eigenvalue weighted by Crippen LogP contribution is -2.34. The maximum absolute atomic E-state index is 9.33. The van der Waals surface area contributed by atoms with Gasteiger partial charge in [0.2, 0.25) is 0 Å². The lowest BCUT2D eigenvalue weighted by atomic mass is 9.97. The van der Waals surface area contributed by atoms with Gasteiger partial charge in [0.1, 0.15) is 0 Å². The van der Waals surface area contributed by atoms with Gasteiger partial charge in [-0.05, 0) is 62.4 Å². The summed E-state index contributed by atoms with van der Waals surface area (Å²) in [6, 6.07) is 14.4. The Kier molecular flexibility index (Phi) is 9.04. The highest BCUT2D eigenvalue weighted by atomic mass is 16.5. The molecule has 1 aliphatic heterocycles. The maximum Gasteiger partial charge on any atom is 0.196 e. The second-order valence-corrected chi connectivity index (χ2v) is 7.90. The molecule has 0 aromatic heterocycles. The van der Waals surface area contributed by atoms with Gasteiger partial charge in [-0.25, -0.2) is 4.99 Å². The summed E-state index contributed by atoms with van der Waals surface area (Å²) in [7, 11) is 1.64. The van der Waals surface area contributed by atoms with Gasteiger partial charge in [-0.3, -0.25) is 0 Å². The van der Waals surface area contributed by atoms with Crippen molar-refractivity contribution in [3.63, 3.8) is 0 Å². The molecule has 1 saturated heterocycles.